The van der Waals surface area contributed by atoms with Crippen molar-refractivity contribution in [2.24, 2.45) is 0 Å². The number of carbonyl (C=O) groups excluding carboxylic acids is 1. The third kappa shape index (κ3) is 7.01. The first kappa shape index (κ1) is 30.0. The summed E-state index contributed by atoms with van der Waals surface area (Å²) in [6.45, 7) is 1.85. The average molecular weight is 603 g/mol. The Hall–Kier alpha value is -4.02. The van der Waals surface area contributed by atoms with Crippen molar-refractivity contribution in [3.63, 3.8) is 0 Å². The number of carbonyl (C=O) groups is 1. The van der Waals surface area contributed by atoms with Crippen LogP contribution < -0.4 is 14.4 Å². The van der Waals surface area contributed by atoms with Gasteiger partial charge in [-0.2, -0.15) is 0 Å². The zero-order valence-electron chi connectivity index (χ0n) is 21.9. The summed E-state index contributed by atoms with van der Waals surface area (Å²) in [5.74, 6) is -2.62. The molecule has 4 rings (SSSR count). The second-order valence-electron chi connectivity index (χ2n) is 9.00. The van der Waals surface area contributed by atoms with E-state index in [1.807, 2.05) is 0 Å². The maximum absolute atomic E-state index is 15.0. The molecule has 4 aromatic carbocycles. The van der Waals surface area contributed by atoms with Crippen LogP contribution in [0.4, 0.5) is 18.9 Å². The molecule has 0 heterocycles. The van der Waals surface area contributed by atoms with Crippen molar-refractivity contribution in [2.45, 2.75) is 24.3 Å². The molecule has 0 spiro atoms. The number of nitrogens with zero attached hydrogens (tertiary/aromatic N) is 1. The Morgan fingerprint density at radius 2 is 1.61 bits per heavy atom. The molecule has 0 aliphatic heterocycles. The number of nitrogens with one attached hydrogen (secondary N) is 1. The van der Waals surface area contributed by atoms with Gasteiger partial charge in [0.2, 0.25) is 0 Å². The zero-order chi connectivity index (χ0) is 29.6. The third-order valence-electron chi connectivity index (χ3n) is 6.22. The molecular formula is C30H26ClF3N2O4S. The lowest BCUT2D eigenvalue weighted by atomic mass is 10.1. The number of hydrogen-bond donors (Lipinski definition) is 1. The molecule has 0 radical (unpaired) electrons. The first-order valence-corrected chi connectivity index (χ1v) is 14.4. The van der Waals surface area contributed by atoms with Gasteiger partial charge in [0.15, 0.2) is 0 Å². The van der Waals surface area contributed by atoms with E-state index in [4.69, 9.17) is 16.3 Å². The van der Waals surface area contributed by atoms with Gasteiger partial charge in [0.25, 0.3) is 15.9 Å². The van der Waals surface area contributed by atoms with Gasteiger partial charge in [0.05, 0.1) is 28.8 Å². The Morgan fingerprint density at radius 3 is 2.34 bits per heavy atom. The van der Waals surface area contributed by atoms with Crippen LogP contribution in [0.1, 0.15) is 35.3 Å². The van der Waals surface area contributed by atoms with Gasteiger partial charge >= 0.3 is 0 Å². The lowest BCUT2D eigenvalue weighted by Gasteiger charge is -2.32. The number of amides is 1. The molecule has 6 nitrogen and oxygen atoms in total. The van der Waals surface area contributed by atoms with Gasteiger partial charge in [-0.25, -0.2) is 21.6 Å². The predicted octanol–water partition coefficient (Wildman–Crippen LogP) is 6.91. The lowest BCUT2D eigenvalue weighted by molar-refractivity contribution is 0.0947. The summed E-state index contributed by atoms with van der Waals surface area (Å²) in [5, 5.41) is 2.93. The number of anilines is 1. The minimum atomic E-state index is -4.41. The highest BCUT2D eigenvalue weighted by molar-refractivity contribution is 7.92. The molecule has 0 aromatic heterocycles. The van der Waals surface area contributed by atoms with Crippen LogP contribution in [0, 0.1) is 17.5 Å². The number of para-hydroxylation sites is 1. The molecule has 0 fully saturated rings. The second kappa shape index (κ2) is 13.1. The molecule has 1 amide bonds. The van der Waals surface area contributed by atoms with Gasteiger partial charge in [-0.1, -0.05) is 41.9 Å². The second-order valence-corrected chi connectivity index (χ2v) is 11.3. The van der Waals surface area contributed by atoms with Gasteiger partial charge in [-0.05, 0) is 67.9 Å². The Balaban J connectivity index is 1.56. The van der Waals surface area contributed by atoms with E-state index in [0.717, 1.165) is 22.5 Å². The van der Waals surface area contributed by atoms with Crippen molar-refractivity contribution < 1.29 is 31.1 Å². The van der Waals surface area contributed by atoms with E-state index in [-0.39, 0.29) is 23.6 Å². The number of ether oxygens (including phenoxy) is 1. The van der Waals surface area contributed by atoms with Crippen molar-refractivity contribution in [3.8, 4) is 5.75 Å². The molecule has 1 atom stereocenters. The average Bonchev–Trinajstić information content (AvgIpc) is 2.95. The quantitative estimate of drug-likeness (QED) is 0.189. The van der Waals surface area contributed by atoms with Gasteiger partial charge in [0.1, 0.15) is 23.2 Å². The molecule has 0 aliphatic carbocycles. The third-order valence-corrected chi connectivity index (χ3v) is 8.37. The van der Waals surface area contributed by atoms with Gasteiger partial charge < -0.3 is 10.1 Å². The fourth-order valence-electron chi connectivity index (χ4n) is 4.20. The first-order chi connectivity index (χ1) is 19.6. The van der Waals surface area contributed by atoms with E-state index in [1.165, 1.54) is 49.4 Å². The van der Waals surface area contributed by atoms with E-state index < -0.39 is 45.1 Å². The maximum Gasteiger partial charge on any atom is 0.264 e. The Labute approximate surface area is 241 Å². The summed E-state index contributed by atoms with van der Waals surface area (Å²) in [6, 6.07) is 19.1. The summed E-state index contributed by atoms with van der Waals surface area (Å²) in [6.07, 6.45) is 0.355. The van der Waals surface area contributed by atoms with Crippen LogP contribution in [0.5, 0.6) is 5.75 Å². The van der Waals surface area contributed by atoms with Crippen LogP contribution in [-0.4, -0.2) is 27.5 Å². The standard InChI is InChI=1S/C30H26ClF3N2O4S/c1-20(36(28-19-22(32)13-16-27(28)34)41(38,39)23-14-11-21(31)12-15-23)24-7-3-5-10-29(24)40-18-6-17-35-30(37)25-8-2-4-9-26(25)33/h2-5,7-16,19-20H,6,17-18H2,1H3,(H,35,37). The number of sulfonamides is 1. The Morgan fingerprint density at radius 1 is 0.927 bits per heavy atom. The predicted molar refractivity (Wildman–Crippen MR) is 151 cm³/mol. The van der Waals surface area contributed by atoms with Crippen molar-refractivity contribution >= 4 is 33.2 Å². The largest absolute Gasteiger partial charge is 0.493 e. The van der Waals surface area contributed by atoms with E-state index in [9.17, 15) is 22.0 Å². The highest BCUT2D eigenvalue weighted by Gasteiger charge is 2.34. The minimum Gasteiger partial charge on any atom is -0.493 e. The van der Waals surface area contributed by atoms with Crippen LogP contribution >= 0.6 is 11.6 Å². The fourth-order valence-corrected chi connectivity index (χ4v) is 5.96. The van der Waals surface area contributed by atoms with Crippen molar-refractivity contribution in [3.05, 3.63) is 125 Å². The normalized spacial score (nSPS) is 12.0. The Kier molecular flexibility index (Phi) is 9.57. The molecule has 1 unspecified atom stereocenters. The van der Waals surface area contributed by atoms with Crippen molar-refractivity contribution in [2.75, 3.05) is 17.5 Å². The molecule has 0 saturated carbocycles. The molecule has 1 N–H and O–H groups in total. The van der Waals surface area contributed by atoms with Gasteiger partial charge in [-0.15, -0.1) is 0 Å². The van der Waals surface area contributed by atoms with E-state index >= 15 is 4.39 Å². The van der Waals surface area contributed by atoms with Gasteiger partial charge in [0, 0.05) is 23.2 Å². The number of hydrogen-bond acceptors (Lipinski definition) is 4. The molecule has 41 heavy (non-hydrogen) atoms. The summed E-state index contributed by atoms with van der Waals surface area (Å²) >= 11 is 5.94. The topological polar surface area (TPSA) is 75.7 Å². The van der Waals surface area contributed by atoms with Gasteiger partial charge in [-0.3, -0.25) is 9.10 Å². The molecule has 4 aromatic rings. The highest BCUT2D eigenvalue weighted by Crippen LogP contribution is 2.38. The summed E-state index contributed by atoms with van der Waals surface area (Å²) in [5.41, 5.74) is -0.152. The first-order valence-electron chi connectivity index (χ1n) is 12.6. The van der Waals surface area contributed by atoms with E-state index in [0.29, 0.717) is 22.8 Å². The van der Waals surface area contributed by atoms with Crippen LogP contribution in [0.2, 0.25) is 5.02 Å². The van der Waals surface area contributed by atoms with Crippen LogP contribution in [0.25, 0.3) is 0 Å². The fraction of sp³-hybridized carbons (Fsp3) is 0.167. The zero-order valence-corrected chi connectivity index (χ0v) is 23.4. The molecule has 0 saturated heterocycles. The summed E-state index contributed by atoms with van der Waals surface area (Å²) in [4.78, 5) is 12.0. The van der Waals surface area contributed by atoms with E-state index in [2.05, 4.69) is 5.32 Å². The SMILES string of the molecule is CC(c1ccccc1OCCCNC(=O)c1ccccc1F)N(c1cc(F)ccc1F)S(=O)(=O)c1ccc(Cl)cc1. The van der Waals surface area contributed by atoms with E-state index in [1.54, 1.807) is 30.3 Å². The van der Waals surface area contributed by atoms with Crippen LogP contribution in [0.3, 0.4) is 0 Å². The number of rotatable bonds is 11. The molecular weight excluding hydrogens is 577 g/mol. The summed E-state index contributed by atoms with van der Waals surface area (Å²) in [7, 11) is -4.41. The van der Waals surface area contributed by atoms with Crippen LogP contribution in [0.15, 0.2) is 95.9 Å². The maximum atomic E-state index is 15.0. The number of benzene rings is 4. The molecule has 214 valence electrons. The van der Waals surface area contributed by atoms with Crippen molar-refractivity contribution in [1.29, 1.82) is 0 Å². The minimum absolute atomic E-state index is 0.0702. The molecule has 0 bridgehead atoms. The summed E-state index contributed by atoms with van der Waals surface area (Å²) < 4.78 is 77.5. The van der Waals surface area contributed by atoms with Crippen molar-refractivity contribution in [1.82, 2.24) is 5.32 Å². The van der Waals surface area contributed by atoms with Crippen LogP contribution in [-0.2, 0) is 10.0 Å². The monoisotopic (exact) mass is 602 g/mol. The highest BCUT2D eigenvalue weighted by atomic mass is 35.5. The Bertz CT molecular complexity index is 1640. The molecule has 11 heteroatoms. The smallest absolute Gasteiger partial charge is 0.264 e. The molecule has 0 aliphatic rings. The number of halogens is 4. The lowest BCUT2D eigenvalue weighted by Crippen LogP contribution is -2.34.